The third-order valence-electron chi connectivity index (χ3n) is 4.50. The van der Waals surface area contributed by atoms with Gasteiger partial charge in [-0.15, -0.1) is 0 Å². The van der Waals surface area contributed by atoms with Crippen LogP contribution in [0.4, 0.5) is 0 Å². The summed E-state index contributed by atoms with van der Waals surface area (Å²) in [6.07, 6.45) is 11.6. The second kappa shape index (κ2) is 7.13. The molecule has 0 bridgehead atoms. The van der Waals surface area contributed by atoms with E-state index < -0.39 is 0 Å². The highest BCUT2D eigenvalue weighted by molar-refractivity contribution is 5.82. The van der Waals surface area contributed by atoms with Gasteiger partial charge in [0.25, 0.3) is 0 Å². The van der Waals surface area contributed by atoms with E-state index in [-0.39, 0.29) is 11.9 Å². The standard InChI is InChI=1S/C15H28N2O/c1-12(9-10-13-6-3-2-4-7-13)17-15(18)14-8-5-11-16-14/h12-14,16H,2-11H2,1H3,(H,17,18). The molecular formula is C15H28N2O. The summed E-state index contributed by atoms with van der Waals surface area (Å²) in [5.41, 5.74) is 0. The molecule has 2 aliphatic rings. The Labute approximate surface area is 111 Å². The molecular weight excluding hydrogens is 224 g/mol. The Bertz CT molecular complexity index is 255. The van der Waals surface area contributed by atoms with E-state index in [1.54, 1.807) is 0 Å². The minimum Gasteiger partial charge on any atom is -0.352 e. The predicted molar refractivity (Wildman–Crippen MR) is 74.4 cm³/mol. The zero-order valence-electron chi connectivity index (χ0n) is 11.7. The van der Waals surface area contributed by atoms with Gasteiger partial charge in [0, 0.05) is 6.04 Å². The molecule has 1 aliphatic carbocycles. The maximum absolute atomic E-state index is 11.9. The van der Waals surface area contributed by atoms with Gasteiger partial charge in [-0.2, -0.15) is 0 Å². The van der Waals surface area contributed by atoms with E-state index in [9.17, 15) is 4.79 Å². The molecule has 2 atom stereocenters. The molecule has 3 heteroatoms. The van der Waals surface area contributed by atoms with Crippen LogP contribution in [-0.4, -0.2) is 24.5 Å². The van der Waals surface area contributed by atoms with Crippen molar-refractivity contribution in [2.24, 2.45) is 5.92 Å². The van der Waals surface area contributed by atoms with Gasteiger partial charge in [-0.3, -0.25) is 4.79 Å². The van der Waals surface area contributed by atoms with Gasteiger partial charge in [0.1, 0.15) is 0 Å². The molecule has 0 aromatic heterocycles. The number of nitrogens with one attached hydrogen (secondary N) is 2. The van der Waals surface area contributed by atoms with Crippen molar-refractivity contribution in [1.82, 2.24) is 10.6 Å². The second-order valence-electron chi connectivity index (χ2n) is 6.14. The Morgan fingerprint density at radius 3 is 2.67 bits per heavy atom. The third kappa shape index (κ3) is 4.27. The topological polar surface area (TPSA) is 41.1 Å². The van der Waals surface area contributed by atoms with Crippen LogP contribution < -0.4 is 10.6 Å². The van der Waals surface area contributed by atoms with E-state index >= 15 is 0 Å². The fraction of sp³-hybridized carbons (Fsp3) is 0.933. The maximum atomic E-state index is 11.9. The number of carbonyl (C=O) groups excluding carboxylic acids is 1. The number of rotatable bonds is 5. The van der Waals surface area contributed by atoms with Crippen LogP contribution in [0.5, 0.6) is 0 Å². The van der Waals surface area contributed by atoms with Crippen LogP contribution in [0.3, 0.4) is 0 Å². The Morgan fingerprint density at radius 1 is 1.22 bits per heavy atom. The number of hydrogen-bond acceptors (Lipinski definition) is 2. The fourth-order valence-electron chi connectivity index (χ4n) is 3.29. The van der Waals surface area contributed by atoms with E-state index in [1.165, 1.54) is 38.5 Å². The molecule has 3 nitrogen and oxygen atoms in total. The molecule has 0 aromatic rings. The molecule has 104 valence electrons. The summed E-state index contributed by atoms with van der Waals surface area (Å²) in [6.45, 7) is 3.14. The molecule has 0 aromatic carbocycles. The quantitative estimate of drug-likeness (QED) is 0.789. The van der Waals surface area contributed by atoms with Gasteiger partial charge in [-0.05, 0) is 45.1 Å². The van der Waals surface area contributed by atoms with Crippen LogP contribution in [0.1, 0.15) is 64.7 Å². The van der Waals surface area contributed by atoms with Crippen LogP contribution in [0.15, 0.2) is 0 Å². The lowest BCUT2D eigenvalue weighted by atomic mass is 9.85. The Balaban J connectivity index is 1.61. The lowest BCUT2D eigenvalue weighted by Gasteiger charge is -2.24. The molecule has 18 heavy (non-hydrogen) atoms. The van der Waals surface area contributed by atoms with E-state index in [0.29, 0.717) is 6.04 Å². The SMILES string of the molecule is CC(CCC1CCCCC1)NC(=O)C1CCCN1. The highest BCUT2D eigenvalue weighted by atomic mass is 16.2. The summed E-state index contributed by atoms with van der Waals surface area (Å²) < 4.78 is 0. The first kappa shape index (κ1) is 13.9. The summed E-state index contributed by atoms with van der Waals surface area (Å²) in [4.78, 5) is 11.9. The predicted octanol–water partition coefficient (Wildman–Crippen LogP) is 2.60. The first-order valence-electron chi connectivity index (χ1n) is 7.79. The highest BCUT2D eigenvalue weighted by Crippen LogP contribution is 2.27. The van der Waals surface area contributed by atoms with Gasteiger partial charge in [-0.1, -0.05) is 32.1 Å². The van der Waals surface area contributed by atoms with E-state index in [2.05, 4.69) is 17.6 Å². The molecule has 2 rings (SSSR count). The zero-order chi connectivity index (χ0) is 12.8. The van der Waals surface area contributed by atoms with Crippen molar-refractivity contribution >= 4 is 5.91 Å². The Hall–Kier alpha value is -0.570. The minimum atomic E-state index is 0.0714. The molecule has 0 spiro atoms. The lowest BCUT2D eigenvalue weighted by molar-refractivity contribution is -0.123. The molecule has 2 unspecified atom stereocenters. The molecule has 1 aliphatic heterocycles. The van der Waals surface area contributed by atoms with E-state index in [1.807, 2.05) is 0 Å². The van der Waals surface area contributed by atoms with Crippen LogP contribution >= 0.6 is 0 Å². The molecule has 1 amide bonds. The number of amides is 1. The normalized spacial score (nSPS) is 27.1. The van der Waals surface area contributed by atoms with Gasteiger partial charge in [0.15, 0.2) is 0 Å². The van der Waals surface area contributed by atoms with Gasteiger partial charge >= 0.3 is 0 Å². The molecule has 2 fully saturated rings. The van der Waals surface area contributed by atoms with Gasteiger partial charge in [0.05, 0.1) is 6.04 Å². The van der Waals surface area contributed by atoms with E-state index in [4.69, 9.17) is 0 Å². The zero-order valence-corrected chi connectivity index (χ0v) is 11.7. The first-order valence-corrected chi connectivity index (χ1v) is 7.79. The highest BCUT2D eigenvalue weighted by Gasteiger charge is 2.23. The third-order valence-corrected chi connectivity index (χ3v) is 4.50. The number of hydrogen-bond donors (Lipinski definition) is 2. The van der Waals surface area contributed by atoms with Gasteiger partial charge < -0.3 is 10.6 Å². The Morgan fingerprint density at radius 2 is 2.00 bits per heavy atom. The van der Waals surface area contributed by atoms with Crippen molar-refractivity contribution in [3.8, 4) is 0 Å². The second-order valence-corrected chi connectivity index (χ2v) is 6.14. The fourth-order valence-corrected chi connectivity index (χ4v) is 3.29. The van der Waals surface area contributed by atoms with Gasteiger partial charge in [-0.25, -0.2) is 0 Å². The average Bonchev–Trinajstić information content (AvgIpc) is 2.91. The van der Waals surface area contributed by atoms with Crippen molar-refractivity contribution in [3.05, 3.63) is 0 Å². The number of carbonyl (C=O) groups is 1. The Kier molecular flexibility index (Phi) is 5.48. The summed E-state index contributed by atoms with van der Waals surface area (Å²) in [6, 6.07) is 0.406. The van der Waals surface area contributed by atoms with Crippen LogP contribution in [0.25, 0.3) is 0 Å². The van der Waals surface area contributed by atoms with Crippen molar-refractivity contribution in [1.29, 1.82) is 0 Å². The van der Waals surface area contributed by atoms with Crippen molar-refractivity contribution in [3.63, 3.8) is 0 Å². The summed E-state index contributed by atoms with van der Waals surface area (Å²) in [7, 11) is 0. The van der Waals surface area contributed by atoms with Crippen molar-refractivity contribution in [2.75, 3.05) is 6.54 Å². The van der Waals surface area contributed by atoms with Crippen molar-refractivity contribution < 1.29 is 4.79 Å². The first-order chi connectivity index (χ1) is 8.75. The summed E-state index contributed by atoms with van der Waals surface area (Å²) >= 11 is 0. The molecule has 1 heterocycles. The maximum Gasteiger partial charge on any atom is 0.237 e. The summed E-state index contributed by atoms with van der Waals surface area (Å²) in [5, 5.41) is 6.42. The van der Waals surface area contributed by atoms with E-state index in [0.717, 1.165) is 31.7 Å². The molecule has 0 radical (unpaired) electrons. The van der Waals surface area contributed by atoms with Crippen LogP contribution in [0.2, 0.25) is 0 Å². The molecule has 2 N–H and O–H groups in total. The largest absolute Gasteiger partial charge is 0.352 e. The summed E-state index contributed by atoms with van der Waals surface area (Å²) in [5.74, 6) is 1.13. The van der Waals surface area contributed by atoms with Crippen LogP contribution in [-0.2, 0) is 4.79 Å². The lowest BCUT2D eigenvalue weighted by Crippen LogP contribution is -2.44. The molecule has 1 saturated heterocycles. The van der Waals surface area contributed by atoms with Crippen LogP contribution in [0, 0.1) is 5.92 Å². The van der Waals surface area contributed by atoms with Crippen molar-refractivity contribution in [2.45, 2.75) is 76.8 Å². The molecule has 1 saturated carbocycles. The average molecular weight is 252 g/mol. The minimum absolute atomic E-state index is 0.0714. The van der Waals surface area contributed by atoms with Gasteiger partial charge in [0.2, 0.25) is 5.91 Å². The smallest absolute Gasteiger partial charge is 0.237 e. The monoisotopic (exact) mass is 252 g/mol.